The highest BCUT2D eigenvalue weighted by atomic mass is 16.5. The van der Waals surface area contributed by atoms with Crippen molar-refractivity contribution in [3.8, 4) is 11.5 Å². The SMILES string of the molecule is CCc1ccc(N2C(=O)C(=O)/C(=C(/O)c3ccc(OC)cc3C)C2c2cccc(OC(C)=O)c2)cc1. The van der Waals surface area contributed by atoms with Crippen molar-refractivity contribution in [2.75, 3.05) is 12.0 Å². The summed E-state index contributed by atoms with van der Waals surface area (Å²) in [6.45, 7) is 5.10. The summed E-state index contributed by atoms with van der Waals surface area (Å²) in [4.78, 5) is 39.7. The number of ketones is 1. The van der Waals surface area contributed by atoms with Gasteiger partial charge in [-0.2, -0.15) is 0 Å². The summed E-state index contributed by atoms with van der Waals surface area (Å²) in [7, 11) is 1.54. The van der Waals surface area contributed by atoms with Crippen molar-refractivity contribution in [3.05, 3.63) is 94.6 Å². The lowest BCUT2D eigenvalue weighted by molar-refractivity contribution is -0.132. The van der Waals surface area contributed by atoms with Gasteiger partial charge < -0.3 is 14.6 Å². The molecule has 0 aliphatic carbocycles. The highest BCUT2D eigenvalue weighted by molar-refractivity contribution is 6.51. The van der Waals surface area contributed by atoms with Crippen molar-refractivity contribution in [2.24, 2.45) is 0 Å². The molecule has 0 spiro atoms. The molecule has 0 saturated carbocycles. The minimum absolute atomic E-state index is 0.0483. The Kier molecular flexibility index (Phi) is 6.92. The molecular weight excluding hydrogens is 458 g/mol. The van der Waals surface area contributed by atoms with Crippen molar-refractivity contribution in [3.63, 3.8) is 0 Å². The van der Waals surface area contributed by atoms with Gasteiger partial charge in [0.05, 0.1) is 18.7 Å². The van der Waals surface area contributed by atoms with Crippen LogP contribution in [0.25, 0.3) is 5.76 Å². The van der Waals surface area contributed by atoms with E-state index in [1.165, 1.54) is 11.8 Å². The van der Waals surface area contributed by atoms with Crippen LogP contribution in [0.3, 0.4) is 0 Å². The number of rotatable bonds is 6. The summed E-state index contributed by atoms with van der Waals surface area (Å²) < 4.78 is 10.5. The molecule has 3 aromatic carbocycles. The predicted molar refractivity (Wildman–Crippen MR) is 136 cm³/mol. The van der Waals surface area contributed by atoms with E-state index in [0.717, 1.165) is 12.0 Å². The first-order chi connectivity index (χ1) is 17.2. The van der Waals surface area contributed by atoms with Crippen molar-refractivity contribution in [1.82, 2.24) is 0 Å². The maximum atomic E-state index is 13.4. The molecule has 1 heterocycles. The van der Waals surface area contributed by atoms with E-state index >= 15 is 0 Å². The Morgan fingerprint density at radius 2 is 1.72 bits per heavy atom. The van der Waals surface area contributed by atoms with Crippen LogP contribution in [0.5, 0.6) is 11.5 Å². The maximum absolute atomic E-state index is 13.4. The largest absolute Gasteiger partial charge is 0.507 e. The predicted octanol–water partition coefficient (Wildman–Crippen LogP) is 5.12. The molecule has 4 rings (SSSR count). The maximum Gasteiger partial charge on any atom is 0.308 e. The second kappa shape index (κ2) is 10.1. The molecule has 0 radical (unpaired) electrons. The van der Waals surface area contributed by atoms with Gasteiger partial charge in [0.1, 0.15) is 17.3 Å². The fourth-order valence-electron chi connectivity index (χ4n) is 4.39. The highest BCUT2D eigenvalue weighted by Gasteiger charge is 2.47. The molecule has 1 fully saturated rings. The van der Waals surface area contributed by atoms with Crippen molar-refractivity contribution in [1.29, 1.82) is 0 Å². The summed E-state index contributed by atoms with van der Waals surface area (Å²) in [5.74, 6) is -1.46. The van der Waals surface area contributed by atoms with Gasteiger partial charge in [-0.1, -0.05) is 31.2 Å². The van der Waals surface area contributed by atoms with Crippen molar-refractivity contribution in [2.45, 2.75) is 33.2 Å². The van der Waals surface area contributed by atoms with Gasteiger partial charge in [0.15, 0.2) is 0 Å². The molecule has 7 nitrogen and oxygen atoms in total. The monoisotopic (exact) mass is 485 g/mol. The third-order valence-electron chi connectivity index (χ3n) is 6.19. The van der Waals surface area contributed by atoms with Gasteiger partial charge in [0, 0.05) is 18.2 Å². The van der Waals surface area contributed by atoms with E-state index in [9.17, 15) is 19.5 Å². The molecule has 3 aromatic rings. The smallest absolute Gasteiger partial charge is 0.308 e. The highest BCUT2D eigenvalue weighted by Crippen LogP contribution is 2.43. The summed E-state index contributed by atoms with van der Waals surface area (Å²) in [5, 5.41) is 11.4. The molecule has 36 heavy (non-hydrogen) atoms. The van der Waals surface area contributed by atoms with Gasteiger partial charge in [-0.25, -0.2) is 0 Å². The molecule has 1 atom stereocenters. The van der Waals surface area contributed by atoms with Gasteiger partial charge in [-0.15, -0.1) is 0 Å². The van der Waals surface area contributed by atoms with E-state index in [0.29, 0.717) is 28.1 Å². The molecule has 0 bridgehead atoms. The molecule has 7 heteroatoms. The van der Waals surface area contributed by atoms with Crippen LogP contribution in [0.15, 0.2) is 72.3 Å². The van der Waals surface area contributed by atoms with Crippen LogP contribution in [-0.2, 0) is 20.8 Å². The zero-order valence-electron chi connectivity index (χ0n) is 20.6. The second-order valence-electron chi connectivity index (χ2n) is 8.54. The summed E-state index contributed by atoms with van der Waals surface area (Å²) in [6, 6.07) is 18.1. The van der Waals surface area contributed by atoms with Gasteiger partial charge in [-0.3, -0.25) is 19.3 Å². The lowest BCUT2D eigenvalue weighted by Gasteiger charge is -2.26. The van der Waals surface area contributed by atoms with E-state index in [2.05, 4.69) is 0 Å². The number of aryl methyl sites for hydroxylation is 2. The lowest BCUT2D eigenvalue weighted by atomic mass is 9.93. The number of anilines is 1. The van der Waals surface area contributed by atoms with Crippen LogP contribution in [-0.4, -0.2) is 29.9 Å². The Labute approximate surface area is 209 Å². The second-order valence-corrected chi connectivity index (χ2v) is 8.54. The molecule has 1 aliphatic rings. The average molecular weight is 486 g/mol. The quantitative estimate of drug-likeness (QED) is 0.171. The number of benzene rings is 3. The fraction of sp³-hybridized carbons (Fsp3) is 0.207. The average Bonchev–Trinajstić information content (AvgIpc) is 3.13. The van der Waals surface area contributed by atoms with E-state index in [1.807, 2.05) is 19.1 Å². The van der Waals surface area contributed by atoms with Crippen LogP contribution < -0.4 is 14.4 Å². The molecular formula is C29H27NO6. The Morgan fingerprint density at radius 1 is 1.00 bits per heavy atom. The zero-order valence-corrected chi connectivity index (χ0v) is 20.6. The Hall–Kier alpha value is -4.39. The minimum atomic E-state index is -0.936. The number of ether oxygens (including phenoxy) is 2. The van der Waals surface area contributed by atoms with E-state index < -0.39 is 23.7 Å². The molecule has 1 N–H and O–H groups in total. The summed E-state index contributed by atoms with van der Waals surface area (Å²) in [5.41, 5.74) is 3.15. The molecule has 1 aliphatic heterocycles. The number of amides is 1. The number of nitrogens with zero attached hydrogens (tertiary/aromatic N) is 1. The topological polar surface area (TPSA) is 93.1 Å². The van der Waals surface area contributed by atoms with E-state index in [-0.39, 0.29) is 17.1 Å². The normalized spacial score (nSPS) is 16.8. The fourth-order valence-corrected chi connectivity index (χ4v) is 4.39. The van der Waals surface area contributed by atoms with Gasteiger partial charge in [0.2, 0.25) is 0 Å². The Morgan fingerprint density at radius 3 is 2.33 bits per heavy atom. The number of hydrogen-bond donors (Lipinski definition) is 1. The first-order valence-corrected chi connectivity index (χ1v) is 11.6. The first kappa shape index (κ1) is 24.7. The minimum Gasteiger partial charge on any atom is -0.507 e. The first-order valence-electron chi connectivity index (χ1n) is 11.6. The standard InChI is InChI=1S/C29H27NO6/c1-5-19-9-11-21(12-10-19)30-26(20-7-6-8-23(16-20)36-18(3)31)25(28(33)29(30)34)27(32)24-14-13-22(35-4)15-17(24)2/h6-16,26,32H,5H2,1-4H3/b27-25+. The van der Waals surface area contributed by atoms with E-state index in [4.69, 9.17) is 9.47 Å². The van der Waals surface area contributed by atoms with Crippen LogP contribution in [0.4, 0.5) is 5.69 Å². The van der Waals surface area contributed by atoms with Crippen molar-refractivity contribution < 1.29 is 29.0 Å². The number of methoxy groups -OCH3 is 1. The molecule has 1 saturated heterocycles. The van der Waals surface area contributed by atoms with E-state index in [1.54, 1.807) is 68.6 Å². The van der Waals surface area contributed by atoms with Crippen LogP contribution in [0, 0.1) is 6.92 Å². The van der Waals surface area contributed by atoms with Crippen molar-refractivity contribution >= 4 is 29.1 Å². The summed E-state index contributed by atoms with van der Waals surface area (Å²) in [6.07, 6.45) is 0.823. The van der Waals surface area contributed by atoms with Crippen LogP contribution >= 0.6 is 0 Å². The van der Waals surface area contributed by atoms with Gasteiger partial charge in [-0.05, 0) is 72.5 Å². The lowest BCUT2D eigenvalue weighted by Crippen LogP contribution is -2.29. The number of carbonyl (C=O) groups is 3. The number of esters is 1. The molecule has 0 aromatic heterocycles. The molecule has 1 amide bonds. The Balaban J connectivity index is 1.93. The summed E-state index contributed by atoms with van der Waals surface area (Å²) >= 11 is 0. The van der Waals surface area contributed by atoms with Crippen LogP contribution in [0.1, 0.15) is 42.1 Å². The number of aliphatic hydroxyl groups is 1. The number of aliphatic hydroxyl groups excluding tert-OH is 1. The third kappa shape index (κ3) is 4.60. The third-order valence-corrected chi connectivity index (χ3v) is 6.19. The van der Waals surface area contributed by atoms with Gasteiger partial charge >= 0.3 is 5.97 Å². The van der Waals surface area contributed by atoms with Gasteiger partial charge in [0.25, 0.3) is 11.7 Å². The van der Waals surface area contributed by atoms with Crippen LogP contribution in [0.2, 0.25) is 0 Å². The molecule has 1 unspecified atom stereocenters. The number of hydrogen-bond acceptors (Lipinski definition) is 6. The number of carbonyl (C=O) groups excluding carboxylic acids is 3. The number of Topliss-reactive ketones (excluding diaryl/α,β-unsaturated/α-hetero) is 1. The zero-order chi connectivity index (χ0) is 26.0. The molecule has 184 valence electrons. The Bertz CT molecular complexity index is 1370.